The van der Waals surface area contributed by atoms with E-state index in [1.165, 1.54) is 18.2 Å². The van der Waals surface area contributed by atoms with Gasteiger partial charge in [0.2, 0.25) is 0 Å². The van der Waals surface area contributed by atoms with E-state index in [1.54, 1.807) is 18.2 Å². The first-order valence-corrected chi connectivity index (χ1v) is 14.4. The van der Waals surface area contributed by atoms with Crippen LogP contribution in [0.3, 0.4) is 0 Å². The summed E-state index contributed by atoms with van der Waals surface area (Å²) >= 11 is 0. The Hall–Kier alpha value is -7.35. The van der Waals surface area contributed by atoms with Crippen molar-refractivity contribution in [2.24, 2.45) is 0 Å². The fourth-order valence-electron chi connectivity index (χ4n) is 6.61. The maximum Gasteiger partial charge on any atom is 0.416 e. The van der Waals surface area contributed by atoms with Crippen LogP contribution in [0.1, 0.15) is 22.5 Å². The fourth-order valence-corrected chi connectivity index (χ4v) is 6.61. The first-order valence-electron chi connectivity index (χ1n) is 14.4. The van der Waals surface area contributed by atoms with E-state index in [2.05, 4.69) is 19.7 Å². The highest BCUT2D eigenvalue weighted by molar-refractivity contribution is 6.33. The summed E-state index contributed by atoms with van der Waals surface area (Å²) in [6.45, 7) is 17.4. The predicted molar refractivity (Wildman–Crippen MR) is 174 cm³/mol. The molecule has 0 fully saturated rings. The highest BCUT2D eigenvalue weighted by Crippen LogP contribution is 2.46. The van der Waals surface area contributed by atoms with Gasteiger partial charge in [0, 0.05) is 21.5 Å². The van der Waals surface area contributed by atoms with Gasteiger partial charge in [-0.15, -0.1) is 0 Å². The Kier molecular flexibility index (Phi) is 5.83. The van der Waals surface area contributed by atoms with Crippen LogP contribution >= 0.6 is 0 Å². The summed E-state index contributed by atoms with van der Waals surface area (Å²) < 4.78 is 42.7. The van der Waals surface area contributed by atoms with Crippen molar-refractivity contribution >= 4 is 55.2 Å². The van der Waals surface area contributed by atoms with Crippen molar-refractivity contribution in [2.45, 2.75) is 13.1 Å². The molecule has 0 aliphatic heterocycles. The zero-order valence-electron chi connectivity index (χ0n) is 24.8. The van der Waals surface area contributed by atoms with Crippen molar-refractivity contribution in [3.05, 3.63) is 127 Å². The topological polar surface area (TPSA) is 125 Å². The van der Waals surface area contributed by atoms with Gasteiger partial charge in [-0.2, -0.15) is 28.1 Å². The van der Waals surface area contributed by atoms with Gasteiger partial charge in [0.05, 0.1) is 16.3 Å². The lowest BCUT2D eigenvalue weighted by Crippen LogP contribution is -2.18. The molecular formula is C36H13F3N8O2. The monoisotopic (exact) mass is 646 g/mol. The molecule has 0 amide bonds. The number of pyridine rings is 2. The van der Waals surface area contributed by atoms with Crippen molar-refractivity contribution in [1.29, 1.82) is 10.5 Å². The second kappa shape index (κ2) is 9.83. The van der Waals surface area contributed by atoms with Gasteiger partial charge >= 0.3 is 17.4 Å². The van der Waals surface area contributed by atoms with Gasteiger partial charge in [0.1, 0.15) is 12.1 Å². The minimum absolute atomic E-state index is 0.000917. The molecule has 4 aromatic carbocycles. The first kappa shape index (κ1) is 29.1. The molecule has 0 saturated carbocycles. The Morgan fingerprint density at radius 2 is 1.27 bits per heavy atom. The van der Waals surface area contributed by atoms with E-state index in [4.69, 9.17) is 13.1 Å². The van der Waals surface area contributed by atoms with Crippen LogP contribution in [0.2, 0.25) is 0 Å². The summed E-state index contributed by atoms with van der Waals surface area (Å²) in [4.78, 5) is 44.4. The van der Waals surface area contributed by atoms with Crippen molar-refractivity contribution in [2.75, 3.05) is 0 Å². The number of halogens is 3. The minimum Gasteiger partial charge on any atom is -0.372 e. The second-order valence-electron chi connectivity index (χ2n) is 11.3. The number of rotatable bonds is 2. The third-order valence-electron chi connectivity index (χ3n) is 8.74. The van der Waals surface area contributed by atoms with Crippen molar-refractivity contribution in [1.82, 2.24) is 18.8 Å². The van der Waals surface area contributed by atoms with Gasteiger partial charge in [0.25, 0.3) is 17.2 Å². The van der Waals surface area contributed by atoms with Crippen LogP contribution < -0.4 is 11.1 Å². The summed E-state index contributed by atoms with van der Waals surface area (Å²) in [5.74, 6) is -0.624. The van der Waals surface area contributed by atoms with Crippen LogP contribution in [0.15, 0.2) is 70.3 Å². The number of aryl methyl sites for hydroxylation is 1. The van der Waals surface area contributed by atoms with E-state index >= 15 is 0 Å². The lowest BCUT2D eigenvalue weighted by Gasteiger charge is -2.17. The molecule has 0 unspecified atom stereocenters. The van der Waals surface area contributed by atoms with Crippen LogP contribution in [0.5, 0.6) is 0 Å². The van der Waals surface area contributed by atoms with E-state index in [0.717, 1.165) is 26.5 Å². The first-order chi connectivity index (χ1) is 23.5. The SMILES string of the molecule is [C-]#[N+]c1nc2c3c(-c4ccc(C)cc4)cc4c(=O)n5c(C#N)c(C#N)nc5c5c(-c6ccc(C(F)(F)F)cc6)cc(c(=O)n2c1[N+]#[C-])c3c45. The Morgan fingerprint density at radius 1 is 0.735 bits per heavy atom. The second-order valence-corrected chi connectivity index (χ2v) is 11.3. The Morgan fingerprint density at radius 3 is 1.76 bits per heavy atom. The summed E-state index contributed by atoms with van der Waals surface area (Å²) in [5.41, 5.74) is -0.756. The molecule has 10 nitrogen and oxygen atoms in total. The number of benzene rings is 4. The summed E-state index contributed by atoms with van der Waals surface area (Å²) in [6.07, 6.45) is -4.63. The Balaban J connectivity index is 1.72. The maximum absolute atomic E-state index is 14.4. The lowest BCUT2D eigenvalue weighted by atomic mass is 9.87. The molecule has 0 N–H and O–H groups in total. The van der Waals surface area contributed by atoms with Gasteiger partial charge in [-0.1, -0.05) is 60.1 Å². The molecule has 4 aromatic heterocycles. The number of fused-ring (bicyclic) bond motifs is 4. The number of nitrogens with zero attached hydrogens (tertiary/aromatic N) is 8. The van der Waals surface area contributed by atoms with Crippen LogP contribution in [-0.2, 0) is 6.18 Å². The summed E-state index contributed by atoms with van der Waals surface area (Å²) in [5, 5.41) is 20.9. The molecule has 13 heteroatoms. The quantitative estimate of drug-likeness (QED) is 0.141. The normalized spacial score (nSPS) is 11.8. The molecule has 49 heavy (non-hydrogen) atoms. The number of alkyl halides is 3. The molecule has 0 atom stereocenters. The number of nitriles is 2. The molecule has 0 aliphatic carbocycles. The molecule has 0 spiro atoms. The number of hydrogen-bond acceptors (Lipinski definition) is 6. The summed E-state index contributed by atoms with van der Waals surface area (Å²) in [6, 6.07) is 18.2. The average molecular weight is 647 g/mol. The van der Waals surface area contributed by atoms with Crippen LogP contribution in [0, 0.1) is 42.7 Å². The van der Waals surface area contributed by atoms with E-state index in [9.17, 15) is 33.3 Å². The highest BCUT2D eigenvalue weighted by Gasteiger charge is 2.33. The largest absolute Gasteiger partial charge is 0.416 e. The smallest absolute Gasteiger partial charge is 0.372 e. The molecule has 8 aromatic rings. The number of hydrogen-bond donors (Lipinski definition) is 0. The van der Waals surface area contributed by atoms with Gasteiger partial charge in [-0.05, 0) is 53.4 Å². The third kappa shape index (κ3) is 3.79. The predicted octanol–water partition coefficient (Wildman–Crippen LogP) is 7.54. The Bertz CT molecular complexity index is 3060. The molecule has 230 valence electrons. The van der Waals surface area contributed by atoms with Crippen molar-refractivity contribution in [3.8, 4) is 34.4 Å². The van der Waals surface area contributed by atoms with Crippen molar-refractivity contribution in [3.63, 3.8) is 0 Å². The zero-order chi connectivity index (χ0) is 34.5. The lowest BCUT2D eigenvalue weighted by molar-refractivity contribution is -0.137. The van der Waals surface area contributed by atoms with E-state index in [1.807, 2.05) is 31.2 Å². The van der Waals surface area contributed by atoms with E-state index in [0.29, 0.717) is 16.5 Å². The third-order valence-corrected chi connectivity index (χ3v) is 8.74. The molecule has 0 bridgehead atoms. The van der Waals surface area contributed by atoms with Gasteiger partial charge in [0.15, 0.2) is 17.0 Å². The van der Waals surface area contributed by atoms with Gasteiger partial charge < -0.3 is 9.69 Å². The minimum atomic E-state index is -4.63. The molecule has 0 saturated heterocycles. The molecule has 0 radical (unpaired) electrons. The van der Waals surface area contributed by atoms with Crippen LogP contribution in [0.25, 0.3) is 75.6 Å². The molecule has 8 rings (SSSR count). The van der Waals surface area contributed by atoms with Gasteiger partial charge in [-0.25, -0.2) is 14.2 Å². The molecule has 0 aliphatic rings. The van der Waals surface area contributed by atoms with Crippen LogP contribution in [0.4, 0.5) is 24.8 Å². The maximum atomic E-state index is 14.4. The molecule has 4 heterocycles. The standard InChI is InChI=1S/C36H13F3N8O2/c1-16-4-6-17(7-5-16)20-12-22-26-27-23(35(49)47-32(29(20)27)45-30(42-2)33(47)43-3)13-21(18-8-10-19(11-9-18)36(37,38)39)28(26)31-44-24(14-40)25(15-41)46(31)34(22)48/h4-13H,1H3. The highest BCUT2D eigenvalue weighted by atomic mass is 19.4. The zero-order valence-corrected chi connectivity index (χ0v) is 24.8. The number of aromatic nitrogens is 4. The number of imidazole rings is 2. The Labute approximate surface area is 271 Å². The van der Waals surface area contributed by atoms with Crippen LogP contribution in [-0.4, -0.2) is 18.8 Å². The van der Waals surface area contributed by atoms with Gasteiger partial charge in [-0.3, -0.25) is 4.79 Å². The summed E-state index contributed by atoms with van der Waals surface area (Å²) in [7, 11) is 0. The molecular weight excluding hydrogens is 633 g/mol. The van der Waals surface area contributed by atoms with E-state index in [-0.39, 0.29) is 72.4 Å². The average Bonchev–Trinajstić information content (AvgIpc) is 3.68. The van der Waals surface area contributed by atoms with E-state index < -0.39 is 22.9 Å². The fraction of sp³-hybridized carbons (Fsp3) is 0.0556. The van der Waals surface area contributed by atoms with Crippen molar-refractivity contribution < 1.29 is 13.2 Å².